The van der Waals surface area contributed by atoms with Crippen LogP contribution in [0.2, 0.25) is 0 Å². The van der Waals surface area contributed by atoms with Gasteiger partial charge >= 0.3 is 7.12 Å². The topological polar surface area (TPSA) is 51.6 Å². The van der Waals surface area contributed by atoms with Crippen molar-refractivity contribution in [3.63, 3.8) is 0 Å². The van der Waals surface area contributed by atoms with Crippen LogP contribution in [0, 0.1) is 0 Å². The minimum absolute atomic E-state index is 0.350. The van der Waals surface area contributed by atoms with Crippen molar-refractivity contribution in [1.29, 1.82) is 0 Å². The van der Waals surface area contributed by atoms with Crippen molar-refractivity contribution in [3.05, 3.63) is 46.4 Å². The lowest BCUT2D eigenvalue weighted by atomic mass is 9.78. The van der Waals surface area contributed by atoms with Crippen molar-refractivity contribution in [2.24, 2.45) is 0 Å². The van der Waals surface area contributed by atoms with E-state index in [2.05, 4.69) is 4.98 Å². The number of hydrogen-bond donors (Lipinski definition) is 1. The predicted molar refractivity (Wildman–Crippen MR) is 88.3 cm³/mol. The zero-order valence-corrected chi connectivity index (χ0v) is 14.1. The van der Waals surface area contributed by atoms with Gasteiger partial charge in [0.15, 0.2) is 0 Å². The van der Waals surface area contributed by atoms with Gasteiger partial charge in [-0.1, -0.05) is 24.3 Å². The summed E-state index contributed by atoms with van der Waals surface area (Å²) in [6.45, 7) is 8.14. The van der Waals surface area contributed by atoms with Gasteiger partial charge in [0.25, 0.3) is 0 Å². The SMILES string of the molecule is CC1(C)OB(c2ccc([C@@H](O)c3nccs3)cc2)OC1(C)C. The maximum Gasteiger partial charge on any atom is 0.494 e. The summed E-state index contributed by atoms with van der Waals surface area (Å²) < 4.78 is 12.1. The first-order chi connectivity index (χ1) is 10.3. The van der Waals surface area contributed by atoms with Crippen molar-refractivity contribution in [3.8, 4) is 0 Å². The summed E-state index contributed by atoms with van der Waals surface area (Å²) in [4.78, 5) is 4.15. The second-order valence-electron chi connectivity index (χ2n) is 6.53. The first-order valence-electron chi connectivity index (χ1n) is 7.33. The highest BCUT2D eigenvalue weighted by atomic mass is 32.1. The summed E-state index contributed by atoms with van der Waals surface area (Å²) >= 11 is 1.44. The molecule has 1 aromatic carbocycles. The van der Waals surface area contributed by atoms with Crippen LogP contribution in [0.5, 0.6) is 0 Å². The molecule has 4 nitrogen and oxygen atoms in total. The van der Waals surface area contributed by atoms with Crippen LogP contribution in [0.25, 0.3) is 0 Å². The van der Waals surface area contributed by atoms with E-state index in [1.165, 1.54) is 11.3 Å². The molecule has 2 aromatic rings. The third kappa shape index (κ3) is 2.72. The standard InChI is InChI=1S/C16H20BNO3S/c1-15(2)16(3,4)21-17(20-15)12-7-5-11(6-8-12)13(19)14-18-9-10-22-14/h5-10,13,19H,1-4H3/t13-/m1/s1. The molecule has 1 aliphatic heterocycles. The van der Waals surface area contributed by atoms with Crippen molar-refractivity contribution in [2.45, 2.75) is 45.0 Å². The molecule has 3 rings (SSSR count). The van der Waals surface area contributed by atoms with Crippen LogP contribution in [-0.2, 0) is 9.31 Å². The summed E-state index contributed by atoms with van der Waals surface area (Å²) in [6, 6.07) is 7.67. The minimum Gasteiger partial charge on any atom is -0.399 e. The molecule has 2 heterocycles. The maximum absolute atomic E-state index is 10.3. The average Bonchev–Trinajstić information content (AvgIpc) is 3.05. The lowest BCUT2D eigenvalue weighted by Gasteiger charge is -2.32. The van der Waals surface area contributed by atoms with E-state index in [9.17, 15) is 5.11 Å². The Labute approximate surface area is 135 Å². The van der Waals surface area contributed by atoms with Gasteiger partial charge < -0.3 is 14.4 Å². The number of hydrogen-bond acceptors (Lipinski definition) is 5. The Morgan fingerprint density at radius 1 is 1.09 bits per heavy atom. The van der Waals surface area contributed by atoms with Crippen LogP contribution in [0.15, 0.2) is 35.8 Å². The molecule has 0 amide bonds. The second kappa shape index (κ2) is 5.46. The molecular formula is C16H20BNO3S. The monoisotopic (exact) mass is 317 g/mol. The Bertz CT molecular complexity index is 624. The molecule has 1 aromatic heterocycles. The van der Waals surface area contributed by atoms with Gasteiger partial charge in [0.2, 0.25) is 0 Å². The van der Waals surface area contributed by atoms with Gasteiger partial charge in [-0.3, -0.25) is 0 Å². The van der Waals surface area contributed by atoms with Gasteiger partial charge in [-0.05, 0) is 38.7 Å². The van der Waals surface area contributed by atoms with E-state index in [0.29, 0.717) is 5.01 Å². The van der Waals surface area contributed by atoms with Crippen LogP contribution >= 0.6 is 11.3 Å². The largest absolute Gasteiger partial charge is 0.494 e. The second-order valence-corrected chi connectivity index (χ2v) is 7.45. The molecule has 0 saturated carbocycles. The number of aromatic nitrogens is 1. The molecule has 22 heavy (non-hydrogen) atoms. The predicted octanol–water partition coefficient (Wildman–Crippen LogP) is 2.52. The van der Waals surface area contributed by atoms with E-state index in [1.54, 1.807) is 6.20 Å². The molecule has 1 N–H and O–H groups in total. The van der Waals surface area contributed by atoms with Crippen molar-refractivity contribution in [2.75, 3.05) is 0 Å². The molecule has 116 valence electrons. The Kier molecular flexibility index (Phi) is 3.89. The van der Waals surface area contributed by atoms with Crippen LogP contribution in [0.4, 0.5) is 0 Å². The van der Waals surface area contributed by atoms with Crippen LogP contribution in [0.3, 0.4) is 0 Å². The number of aliphatic hydroxyl groups excluding tert-OH is 1. The molecule has 1 atom stereocenters. The lowest BCUT2D eigenvalue weighted by Crippen LogP contribution is -2.41. The Morgan fingerprint density at radius 3 is 2.18 bits per heavy atom. The van der Waals surface area contributed by atoms with Crippen LogP contribution < -0.4 is 5.46 Å². The third-order valence-corrected chi connectivity index (χ3v) is 5.29. The van der Waals surface area contributed by atoms with E-state index in [-0.39, 0.29) is 18.3 Å². The number of aliphatic hydroxyl groups is 1. The number of rotatable bonds is 3. The molecule has 6 heteroatoms. The molecule has 0 radical (unpaired) electrons. The molecular weight excluding hydrogens is 297 g/mol. The highest BCUT2D eigenvalue weighted by Crippen LogP contribution is 2.36. The number of thiazole rings is 1. The minimum atomic E-state index is -0.688. The fraction of sp³-hybridized carbons (Fsp3) is 0.438. The van der Waals surface area contributed by atoms with Crippen LogP contribution in [0.1, 0.15) is 44.4 Å². The number of benzene rings is 1. The molecule has 0 aliphatic carbocycles. The molecule has 1 saturated heterocycles. The summed E-state index contributed by atoms with van der Waals surface area (Å²) in [5.74, 6) is 0. The molecule has 1 aliphatic rings. The first-order valence-corrected chi connectivity index (χ1v) is 8.21. The van der Waals surface area contributed by atoms with E-state index in [4.69, 9.17) is 9.31 Å². The third-order valence-electron chi connectivity index (χ3n) is 4.46. The molecule has 1 fully saturated rings. The Hall–Kier alpha value is -1.21. The zero-order valence-electron chi connectivity index (χ0n) is 13.2. The van der Waals surface area contributed by atoms with E-state index in [1.807, 2.05) is 57.3 Å². The molecule has 0 bridgehead atoms. The number of nitrogens with zero attached hydrogens (tertiary/aromatic N) is 1. The normalized spacial score (nSPS) is 21.0. The first kappa shape index (κ1) is 15.7. The van der Waals surface area contributed by atoms with Crippen molar-refractivity contribution < 1.29 is 14.4 Å². The Morgan fingerprint density at radius 2 is 1.68 bits per heavy atom. The summed E-state index contributed by atoms with van der Waals surface area (Å²) in [6.07, 6.45) is 1.01. The highest BCUT2D eigenvalue weighted by molar-refractivity contribution is 7.09. The highest BCUT2D eigenvalue weighted by Gasteiger charge is 2.51. The fourth-order valence-electron chi connectivity index (χ4n) is 2.33. The fourth-order valence-corrected chi connectivity index (χ4v) is 2.97. The molecule has 0 spiro atoms. The van der Waals surface area contributed by atoms with E-state index in [0.717, 1.165) is 11.0 Å². The average molecular weight is 317 g/mol. The zero-order chi connectivity index (χ0) is 16.0. The van der Waals surface area contributed by atoms with E-state index < -0.39 is 6.10 Å². The van der Waals surface area contributed by atoms with Gasteiger partial charge in [-0.15, -0.1) is 11.3 Å². The van der Waals surface area contributed by atoms with Crippen molar-refractivity contribution >= 4 is 23.9 Å². The van der Waals surface area contributed by atoms with Gasteiger partial charge in [-0.25, -0.2) is 4.98 Å². The van der Waals surface area contributed by atoms with E-state index >= 15 is 0 Å². The Balaban J connectivity index is 1.78. The molecule has 0 unspecified atom stereocenters. The summed E-state index contributed by atoms with van der Waals surface area (Å²) in [5.41, 5.74) is 1.07. The van der Waals surface area contributed by atoms with Crippen LogP contribution in [-0.4, -0.2) is 28.4 Å². The maximum atomic E-state index is 10.3. The summed E-state index contributed by atoms with van der Waals surface area (Å²) in [5, 5.41) is 12.8. The van der Waals surface area contributed by atoms with Crippen molar-refractivity contribution in [1.82, 2.24) is 4.98 Å². The van der Waals surface area contributed by atoms with Gasteiger partial charge in [0.1, 0.15) is 11.1 Å². The lowest BCUT2D eigenvalue weighted by molar-refractivity contribution is 0.00578. The van der Waals surface area contributed by atoms with Gasteiger partial charge in [0, 0.05) is 11.6 Å². The van der Waals surface area contributed by atoms with Gasteiger partial charge in [0.05, 0.1) is 11.2 Å². The quantitative estimate of drug-likeness (QED) is 0.884. The van der Waals surface area contributed by atoms with Gasteiger partial charge in [-0.2, -0.15) is 0 Å². The smallest absolute Gasteiger partial charge is 0.399 e. The summed E-state index contributed by atoms with van der Waals surface area (Å²) in [7, 11) is -0.379.